The Bertz CT molecular complexity index is 855. The second kappa shape index (κ2) is 8.75. The molecule has 8 nitrogen and oxygen atoms in total. The summed E-state index contributed by atoms with van der Waals surface area (Å²) in [5, 5.41) is 16.2. The number of ether oxygens (including phenoxy) is 1. The molecule has 0 aliphatic carbocycles. The number of nitro groups is 1. The molecule has 0 aromatic heterocycles. The van der Waals surface area contributed by atoms with Gasteiger partial charge in [-0.05, 0) is 30.7 Å². The van der Waals surface area contributed by atoms with Crippen molar-refractivity contribution >= 4 is 23.3 Å². The molecule has 2 rings (SSSR count). The Morgan fingerprint density at radius 1 is 1.22 bits per heavy atom. The van der Waals surface area contributed by atoms with Crippen molar-refractivity contribution in [3.63, 3.8) is 0 Å². The molecule has 0 aliphatic rings. The number of amides is 1. The van der Waals surface area contributed by atoms with Crippen LogP contribution in [0.1, 0.15) is 22.8 Å². The highest BCUT2D eigenvalue weighted by Crippen LogP contribution is 2.23. The molecule has 1 atom stereocenters. The summed E-state index contributed by atoms with van der Waals surface area (Å²) in [5.74, 6) is -1.80. The maximum atomic E-state index is 12.9. The number of benzene rings is 2. The summed E-state index contributed by atoms with van der Waals surface area (Å²) in [4.78, 5) is 34.7. The summed E-state index contributed by atoms with van der Waals surface area (Å²) < 4.78 is 18.0. The van der Waals surface area contributed by atoms with Gasteiger partial charge in [-0.1, -0.05) is 12.1 Å². The van der Waals surface area contributed by atoms with Gasteiger partial charge in [0.2, 0.25) is 0 Å². The Morgan fingerprint density at radius 3 is 2.48 bits per heavy atom. The van der Waals surface area contributed by atoms with Crippen LogP contribution < -0.4 is 10.6 Å². The summed E-state index contributed by atoms with van der Waals surface area (Å²) in [5.41, 5.74) is 0.697. The zero-order chi connectivity index (χ0) is 20.0. The van der Waals surface area contributed by atoms with Crippen LogP contribution in [-0.4, -0.2) is 30.0 Å². The number of nitro benzene ring substituents is 1. The minimum Gasteiger partial charge on any atom is -0.449 e. The normalized spacial score (nSPS) is 11.4. The lowest BCUT2D eigenvalue weighted by Crippen LogP contribution is -2.35. The molecule has 0 saturated heterocycles. The van der Waals surface area contributed by atoms with Crippen LogP contribution in [0.4, 0.5) is 15.8 Å². The third kappa shape index (κ3) is 5.24. The van der Waals surface area contributed by atoms with Gasteiger partial charge >= 0.3 is 5.97 Å². The monoisotopic (exact) mass is 375 g/mol. The molecule has 2 aromatic carbocycles. The number of esters is 1. The molecule has 2 aromatic rings. The van der Waals surface area contributed by atoms with E-state index in [1.54, 1.807) is 7.05 Å². The van der Waals surface area contributed by atoms with Crippen LogP contribution in [0.2, 0.25) is 0 Å². The Morgan fingerprint density at radius 2 is 1.89 bits per heavy atom. The topological polar surface area (TPSA) is 111 Å². The predicted molar refractivity (Wildman–Crippen MR) is 95.8 cm³/mol. The van der Waals surface area contributed by atoms with Crippen molar-refractivity contribution in [1.82, 2.24) is 5.32 Å². The minimum atomic E-state index is -1.12. The fraction of sp³-hybridized carbons (Fsp3) is 0.222. The third-order valence-electron chi connectivity index (χ3n) is 3.74. The first-order valence-electron chi connectivity index (χ1n) is 8.01. The van der Waals surface area contributed by atoms with Crippen LogP contribution in [0.25, 0.3) is 0 Å². The van der Waals surface area contributed by atoms with Crippen molar-refractivity contribution in [3.05, 3.63) is 69.5 Å². The maximum Gasteiger partial charge on any atom is 0.341 e. The zero-order valence-corrected chi connectivity index (χ0v) is 14.7. The molecule has 0 bridgehead atoms. The maximum absolute atomic E-state index is 12.9. The second-order valence-corrected chi connectivity index (χ2v) is 5.63. The molecule has 27 heavy (non-hydrogen) atoms. The largest absolute Gasteiger partial charge is 0.449 e. The van der Waals surface area contributed by atoms with Gasteiger partial charge in [-0.25, -0.2) is 9.18 Å². The average Bonchev–Trinajstić information content (AvgIpc) is 2.66. The Kier molecular flexibility index (Phi) is 6.42. The Labute approximate surface area is 154 Å². The molecule has 9 heteroatoms. The molecule has 0 radical (unpaired) electrons. The van der Waals surface area contributed by atoms with Crippen LogP contribution >= 0.6 is 0 Å². The SMILES string of the molecule is CNc1ccc([N+](=O)[O-])cc1C(=O)O[C@@H](C)C(=O)NCc1ccc(F)cc1. The third-order valence-corrected chi connectivity index (χ3v) is 3.74. The molecule has 2 N–H and O–H groups in total. The molecule has 0 saturated carbocycles. The van der Waals surface area contributed by atoms with Gasteiger partial charge in [0.05, 0.1) is 10.5 Å². The predicted octanol–water partition coefficient (Wildman–Crippen LogP) is 2.64. The van der Waals surface area contributed by atoms with Gasteiger partial charge in [0.1, 0.15) is 5.82 Å². The van der Waals surface area contributed by atoms with Crippen molar-refractivity contribution in [1.29, 1.82) is 0 Å². The summed E-state index contributed by atoms with van der Waals surface area (Å²) in [6.45, 7) is 1.52. The lowest BCUT2D eigenvalue weighted by atomic mass is 10.1. The van der Waals surface area contributed by atoms with Crippen LogP contribution in [0.5, 0.6) is 0 Å². The fourth-order valence-corrected chi connectivity index (χ4v) is 2.25. The molecular weight excluding hydrogens is 357 g/mol. The van der Waals surface area contributed by atoms with Crippen molar-refractivity contribution in [3.8, 4) is 0 Å². The molecule has 0 aliphatic heterocycles. The molecule has 1 amide bonds. The lowest BCUT2D eigenvalue weighted by Gasteiger charge is -2.15. The van der Waals surface area contributed by atoms with Gasteiger partial charge in [0, 0.05) is 31.4 Å². The quantitative estimate of drug-likeness (QED) is 0.437. The van der Waals surface area contributed by atoms with Crippen molar-refractivity contribution in [2.75, 3.05) is 12.4 Å². The number of halogens is 1. The molecule has 0 spiro atoms. The fourth-order valence-electron chi connectivity index (χ4n) is 2.25. The number of rotatable bonds is 7. The standard InChI is InChI=1S/C18H18FN3O5/c1-11(17(23)21-10-12-3-5-13(19)6-4-12)27-18(24)15-9-14(22(25)26)7-8-16(15)20-2/h3-9,11,20H,10H2,1-2H3,(H,21,23)/t11-/m0/s1. The first-order valence-corrected chi connectivity index (χ1v) is 8.01. The molecular formula is C18H18FN3O5. The van der Waals surface area contributed by atoms with Gasteiger partial charge in [0.15, 0.2) is 6.10 Å². The molecule has 0 unspecified atom stereocenters. The van der Waals surface area contributed by atoms with Crippen LogP contribution in [-0.2, 0) is 16.1 Å². The van der Waals surface area contributed by atoms with E-state index in [1.807, 2.05) is 0 Å². The summed E-state index contributed by atoms with van der Waals surface area (Å²) in [6, 6.07) is 9.30. The summed E-state index contributed by atoms with van der Waals surface area (Å²) in [6.07, 6.45) is -1.12. The van der Waals surface area contributed by atoms with E-state index >= 15 is 0 Å². The summed E-state index contributed by atoms with van der Waals surface area (Å²) in [7, 11) is 1.55. The molecule has 0 heterocycles. The smallest absolute Gasteiger partial charge is 0.341 e. The number of hydrogen-bond acceptors (Lipinski definition) is 6. The van der Waals surface area contributed by atoms with Gasteiger partial charge in [-0.15, -0.1) is 0 Å². The Balaban J connectivity index is 2.01. The molecule has 142 valence electrons. The highest BCUT2D eigenvalue weighted by Gasteiger charge is 2.22. The van der Waals surface area contributed by atoms with Crippen LogP contribution in [0, 0.1) is 15.9 Å². The van der Waals surface area contributed by atoms with Crippen LogP contribution in [0.15, 0.2) is 42.5 Å². The van der Waals surface area contributed by atoms with E-state index in [2.05, 4.69) is 10.6 Å². The van der Waals surface area contributed by atoms with E-state index in [1.165, 1.54) is 43.3 Å². The van der Waals surface area contributed by atoms with Crippen molar-refractivity contribution < 1.29 is 23.6 Å². The number of anilines is 1. The number of nitrogens with zero attached hydrogens (tertiary/aromatic N) is 1. The number of non-ortho nitro benzene ring substituents is 1. The van der Waals surface area contributed by atoms with E-state index in [9.17, 15) is 24.1 Å². The number of nitrogens with one attached hydrogen (secondary N) is 2. The van der Waals surface area contributed by atoms with E-state index in [0.717, 1.165) is 6.07 Å². The number of hydrogen-bond donors (Lipinski definition) is 2. The second-order valence-electron chi connectivity index (χ2n) is 5.63. The van der Waals surface area contributed by atoms with E-state index < -0.39 is 22.9 Å². The van der Waals surface area contributed by atoms with Gasteiger partial charge in [-0.3, -0.25) is 14.9 Å². The van der Waals surface area contributed by atoms with Crippen molar-refractivity contribution in [2.24, 2.45) is 0 Å². The minimum absolute atomic E-state index is 0.0510. The summed E-state index contributed by atoms with van der Waals surface area (Å²) >= 11 is 0. The van der Waals surface area contributed by atoms with E-state index in [4.69, 9.17) is 4.74 Å². The van der Waals surface area contributed by atoms with Gasteiger partial charge in [0.25, 0.3) is 11.6 Å². The first kappa shape index (κ1) is 19.8. The lowest BCUT2D eigenvalue weighted by molar-refractivity contribution is -0.384. The highest BCUT2D eigenvalue weighted by atomic mass is 19.1. The highest BCUT2D eigenvalue weighted by molar-refractivity contribution is 5.98. The average molecular weight is 375 g/mol. The number of carbonyl (C=O) groups excluding carboxylic acids is 2. The van der Waals surface area contributed by atoms with E-state index in [-0.39, 0.29) is 23.6 Å². The zero-order valence-electron chi connectivity index (χ0n) is 14.7. The van der Waals surface area contributed by atoms with Gasteiger partial charge in [-0.2, -0.15) is 0 Å². The first-order chi connectivity index (χ1) is 12.8. The van der Waals surface area contributed by atoms with Crippen molar-refractivity contribution in [2.45, 2.75) is 19.6 Å². The molecule has 0 fully saturated rings. The van der Waals surface area contributed by atoms with Crippen LogP contribution in [0.3, 0.4) is 0 Å². The Hall–Kier alpha value is -3.49. The number of carbonyl (C=O) groups is 2. The van der Waals surface area contributed by atoms with Gasteiger partial charge < -0.3 is 15.4 Å². The van der Waals surface area contributed by atoms with E-state index in [0.29, 0.717) is 11.3 Å².